The Bertz CT molecular complexity index is 396. The molecule has 1 atom stereocenters. The fraction of sp³-hybridized carbons (Fsp3) is 0.800. The Morgan fingerprint density at radius 2 is 1.74 bits per heavy atom. The maximum absolute atomic E-state index is 11.4. The number of methoxy groups -OCH3 is 1. The van der Waals surface area contributed by atoms with Crippen LogP contribution in [0.2, 0.25) is 0 Å². The van der Waals surface area contributed by atoms with Crippen LogP contribution in [-0.2, 0) is 33.4 Å². The van der Waals surface area contributed by atoms with E-state index >= 15 is 0 Å². The van der Waals surface area contributed by atoms with Crippen LogP contribution in [0.25, 0.3) is 0 Å². The standard InChI is InChI=1S/C10H18O7S.Na.H/c1-7(2)6-17-9(11)5-8(10(12)15-3)18(13,14)16-4;;/h7-8H,5-6H2,1-4H3;;/q;+1;-1. The first-order chi connectivity index (χ1) is 8.24. The minimum atomic E-state index is -4.18. The van der Waals surface area contributed by atoms with Gasteiger partial charge < -0.3 is 10.9 Å². The van der Waals surface area contributed by atoms with Crippen molar-refractivity contribution < 1.29 is 62.6 Å². The normalized spacial score (nSPS) is 12.5. The van der Waals surface area contributed by atoms with Crippen molar-refractivity contribution in [3.05, 3.63) is 0 Å². The molecule has 0 amide bonds. The van der Waals surface area contributed by atoms with Gasteiger partial charge in [0.05, 0.1) is 27.2 Å². The maximum Gasteiger partial charge on any atom is 1.00 e. The Morgan fingerprint density at radius 3 is 2.11 bits per heavy atom. The predicted octanol–water partition coefficient (Wildman–Crippen LogP) is -2.79. The Balaban J connectivity index is -0.00000144. The molecule has 0 aromatic carbocycles. The van der Waals surface area contributed by atoms with Crippen LogP contribution in [0.4, 0.5) is 0 Å². The van der Waals surface area contributed by atoms with E-state index in [2.05, 4.69) is 8.92 Å². The van der Waals surface area contributed by atoms with Crippen LogP contribution in [0.1, 0.15) is 21.7 Å². The number of carbonyl (C=O) groups excluding carboxylic acids is 2. The van der Waals surface area contributed by atoms with Crippen LogP contribution in [0.3, 0.4) is 0 Å². The van der Waals surface area contributed by atoms with E-state index in [0.29, 0.717) is 0 Å². The maximum atomic E-state index is 11.4. The van der Waals surface area contributed by atoms with Crippen molar-refractivity contribution in [1.29, 1.82) is 0 Å². The van der Waals surface area contributed by atoms with Crippen LogP contribution in [0.15, 0.2) is 0 Å². The minimum Gasteiger partial charge on any atom is -1.00 e. The first kappa shape index (κ1) is 21.2. The zero-order chi connectivity index (χ0) is 14.3. The molecule has 0 aromatic heterocycles. The summed E-state index contributed by atoms with van der Waals surface area (Å²) in [4.78, 5) is 22.7. The van der Waals surface area contributed by atoms with Gasteiger partial charge in [0.15, 0.2) is 5.25 Å². The molecule has 9 heteroatoms. The third-order valence-electron chi connectivity index (χ3n) is 1.97. The van der Waals surface area contributed by atoms with Gasteiger partial charge in [-0.2, -0.15) is 8.42 Å². The van der Waals surface area contributed by atoms with Gasteiger partial charge >= 0.3 is 41.5 Å². The first-order valence-electron chi connectivity index (χ1n) is 5.27. The minimum absolute atomic E-state index is 0. The molecule has 7 nitrogen and oxygen atoms in total. The van der Waals surface area contributed by atoms with Gasteiger partial charge in [0, 0.05) is 0 Å². The van der Waals surface area contributed by atoms with Crippen molar-refractivity contribution in [2.45, 2.75) is 25.5 Å². The molecule has 0 bridgehead atoms. The Kier molecular flexibility index (Phi) is 10.8. The van der Waals surface area contributed by atoms with Gasteiger partial charge in [-0.05, 0) is 5.92 Å². The molecule has 0 aromatic rings. The van der Waals surface area contributed by atoms with Crippen molar-refractivity contribution in [3.63, 3.8) is 0 Å². The summed E-state index contributed by atoms with van der Waals surface area (Å²) in [7, 11) is -2.25. The quantitative estimate of drug-likeness (QED) is 0.285. The summed E-state index contributed by atoms with van der Waals surface area (Å²) in [5, 5.41) is -1.70. The SMILES string of the molecule is COC(=O)C(CC(=O)OCC(C)C)S(=O)(=O)OC.[H-].[Na+]. The summed E-state index contributed by atoms with van der Waals surface area (Å²) in [5.74, 6) is -1.73. The average molecular weight is 306 g/mol. The average Bonchev–Trinajstić information content (AvgIpc) is 2.32. The molecule has 0 fully saturated rings. The fourth-order valence-electron chi connectivity index (χ4n) is 1.02. The topological polar surface area (TPSA) is 96.0 Å². The molecule has 108 valence electrons. The van der Waals surface area contributed by atoms with Crippen LogP contribution in [0, 0.1) is 5.92 Å². The van der Waals surface area contributed by atoms with E-state index in [1.165, 1.54) is 0 Å². The van der Waals surface area contributed by atoms with Gasteiger partial charge in [-0.15, -0.1) is 0 Å². The van der Waals surface area contributed by atoms with Crippen molar-refractivity contribution in [2.75, 3.05) is 20.8 Å². The van der Waals surface area contributed by atoms with E-state index in [1.807, 2.05) is 13.8 Å². The summed E-state index contributed by atoms with van der Waals surface area (Å²) in [5.41, 5.74) is 0. The van der Waals surface area contributed by atoms with E-state index in [4.69, 9.17) is 4.74 Å². The van der Waals surface area contributed by atoms with Gasteiger partial charge in [0.2, 0.25) is 0 Å². The molecule has 1 unspecified atom stereocenters. The molecule has 0 rings (SSSR count). The second-order valence-electron chi connectivity index (χ2n) is 3.95. The summed E-state index contributed by atoms with van der Waals surface area (Å²) in [6, 6.07) is 0. The number of ether oxygens (including phenoxy) is 2. The number of carbonyl (C=O) groups is 2. The third-order valence-corrected chi connectivity index (χ3v) is 3.50. The van der Waals surface area contributed by atoms with Crippen molar-refractivity contribution in [3.8, 4) is 0 Å². The molecule has 0 heterocycles. The van der Waals surface area contributed by atoms with Crippen LogP contribution >= 0.6 is 0 Å². The summed E-state index contributed by atoms with van der Waals surface area (Å²) in [6.45, 7) is 3.81. The van der Waals surface area contributed by atoms with Crippen LogP contribution in [0.5, 0.6) is 0 Å². The second kappa shape index (κ2) is 9.71. The predicted molar refractivity (Wildman–Crippen MR) is 63.3 cm³/mol. The summed E-state index contributed by atoms with van der Waals surface area (Å²) < 4.78 is 36.2. The zero-order valence-electron chi connectivity index (χ0n) is 12.8. The number of hydrogen-bond acceptors (Lipinski definition) is 7. The van der Waals surface area contributed by atoms with Gasteiger partial charge in [-0.1, -0.05) is 13.8 Å². The van der Waals surface area contributed by atoms with E-state index < -0.39 is 33.7 Å². The molecule has 0 aliphatic rings. The van der Waals surface area contributed by atoms with Crippen molar-refractivity contribution in [2.24, 2.45) is 5.92 Å². The van der Waals surface area contributed by atoms with Gasteiger partial charge in [-0.3, -0.25) is 13.8 Å². The van der Waals surface area contributed by atoms with Gasteiger partial charge in [-0.25, -0.2) is 0 Å². The number of hydrogen-bond donors (Lipinski definition) is 0. The van der Waals surface area contributed by atoms with Gasteiger partial charge in [0.25, 0.3) is 10.1 Å². The molecule has 0 saturated heterocycles. The molecular weight excluding hydrogens is 287 g/mol. The molecule has 0 spiro atoms. The summed E-state index contributed by atoms with van der Waals surface area (Å²) in [6.07, 6.45) is -0.629. The molecule has 0 radical (unpaired) electrons. The van der Waals surface area contributed by atoms with Crippen molar-refractivity contribution >= 4 is 22.1 Å². The Labute approximate surface area is 136 Å². The monoisotopic (exact) mass is 306 g/mol. The Morgan fingerprint density at radius 1 is 1.21 bits per heavy atom. The van der Waals surface area contributed by atoms with Crippen LogP contribution < -0.4 is 29.6 Å². The largest absolute Gasteiger partial charge is 1.00 e. The van der Waals surface area contributed by atoms with E-state index in [9.17, 15) is 18.0 Å². The third kappa shape index (κ3) is 7.88. The second-order valence-corrected chi connectivity index (χ2v) is 5.84. The fourth-order valence-corrected chi connectivity index (χ4v) is 1.93. The zero-order valence-corrected chi connectivity index (χ0v) is 14.7. The number of esters is 2. The molecular formula is C10H19NaO7S. The van der Waals surface area contributed by atoms with E-state index in [1.54, 1.807) is 0 Å². The smallest absolute Gasteiger partial charge is 1.00 e. The number of rotatable bonds is 7. The molecule has 0 aliphatic carbocycles. The molecule has 0 aliphatic heterocycles. The summed E-state index contributed by atoms with van der Waals surface area (Å²) >= 11 is 0. The van der Waals surface area contributed by atoms with Crippen LogP contribution in [-0.4, -0.2) is 46.4 Å². The molecule has 19 heavy (non-hydrogen) atoms. The molecule has 0 saturated carbocycles. The van der Waals surface area contributed by atoms with E-state index in [-0.39, 0.29) is 43.5 Å². The van der Waals surface area contributed by atoms with Crippen molar-refractivity contribution in [1.82, 2.24) is 0 Å². The molecule has 0 N–H and O–H groups in total. The van der Waals surface area contributed by atoms with E-state index in [0.717, 1.165) is 14.2 Å². The Hall–Kier alpha value is -0.150. The first-order valence-corrected chi connectivity index (χ1v) is 6.74. The van der Waals surface area contributed by atoms with Gasteiger partial charge in [0.1, 0.15) is 0 Å².